The molecule has 0 aliphatic rings. The van der Waals surface area contributed by atoms with Gasteiger partial charge in [0.2, 0.25) is 0 Å². The molecule has 0 saturated carbocycles. The van der Waals surface area contributed by atoms with Crippen LogP contribution in [0.15, 0.2) is 27.9 Å². The van der Waals surface area contributed by atoms with E-state index < -0.39 is 0 Å². The quantitative estimate of drug-likeness (QED) is 0.904. The largest absolute Gasteiger partial charge is 0.382 e. The van der Waals surface area contributed by atoms with Crippen molar-refractivity contribution in [1.29, 1.82) is 0 Å². The van der Waals surface area contributed by atoms with Gasteiger partial charge in [0.15, 0.2) is 0 Å². The summed E-state index contributed by atoms with van der Waals surface area (Å²) in [5.74, 6) is 0.997. The van der Waals surface area contributed by atoms with Crippen molar-refractivity contribution in [2.45, 2.75) is 26.3 Å². The number of anilines is 1. The van der Waals surface area contributed by atoms with E-state index >= 15 is 0 Å². The zero-order valence-electron chi connectivity index (χ0n) is 11.8. The molecule has 0 unspecified atom stereocenters. The van der Waals surface area contributed by atoms with Gasteiger partial charge in [-0.15, -0.1) is 0 Å². The predicted octanol–water partition coefficient (Wildman–Crippen LogP) is 1.97. The average Bonchev–Trinajstić information content (AvgIpc) is 2.80. The summed E-state index contributed by atoms with van der Waals surface area (Å²) in [7, 11) is 1.96. The van der Waals surface area contributed by atoms with Gasteiger partial charge in [0.05, 0.1) is 17.9 Å². The van der Waals surface area contributed by atoms with E-state index in [1.807, 2.05) is 31.7 Å². The lowest BCUT2D eigenvalue weighted by molar-refractivity contribution is 0.501. The van der Waals surface area contributed by atoms with Crippen LogP contribution in [0.3, 0.4) is 0 Å². The summed E-state index contributed by atoms with van der Waals surface area (Å²) >= 11 is 3.34. The molecule has 0 aromatic carbocycles. The number of hydrogen-bond acceptors (Lipinski definition) is 4. The number of hydrogen-bond donors (Lipinski definition) is 1. The summed E-state index contributed by atoms with van der Waals surface area (Å²) in [6.45, 7) is 4.54. The number of nitrogens with zero attached hydrogens (tertiary/aromatic N) is 4. The number of imidazole rings is 1. The molecule has 0 saturated heterocycles. The summed E-state index contributed by atoms with van der Waals surface area (Å²) in [5, 5.41) is 7.37. The zero-order valence-corrected chi connectivity index (χ0v) is 13.4. The standard InChI is InChI=1S/C13H18BrN5O/c1-9(2)19-13(20)12(14)10(8-17-19)15-5-4-11-16-6-7-18(11)3/h6-9,15H,4-5H2,1-3H3. The Kier molecular flexibility index (Phi) is 4.59. The Bertz CT molecular complexity index is 646. The maximum atomic E-state index is 12.1. The number of aromatic nitrogens is 4. The molecule has 0 spiro atoms. The molecule has 20 heavy (non-hydrogen) atoms. The zero-order chi connectivity index (χ0) is 14.7. The minimum Gasteiger partial charge on any atom is -0.382 e. The van der Waals surface area contributed by atoms with Gasteiger partial charge in [-0.1, -0.05) is 0 Å². The average molecular weight is 340 g/mol. The van der Waals surface area contributed by atoms with Crippen molar-refractivity contribution < 1.29 is 0 Å². The Morgan fingerprint density at radius 2 is 2.20 bits per heavy atom. The van der Waals surface area contributed by atoms with Crippen LogP contribution in [-0.2, 0) is 13.5 Å². The first-order chi connectivity index (χ1) is 9.50. The topological polar surface area (TPSA) is 64.7 Å². The lowest BCUT2D eigenvalue weighted by Crippen LogP contribution is -2.26. The first-order valence-electron chi connectivity index (χ1n) is 6.48. The molecule has 2 rings (SSSR count). The van der Waals surface area contributed by atoms with Crippen LogP contribution in [0.4, 0.5) is 5.69 Å². The van der Waals surface area contributed by atoms with E-state index in [0.717, 1.165) is 12.2 Å². The van der Waals surface area contributed by atoms with E-state index in [9.17, 15) is 4.79 Å². The van der Waals surface area contributed by atoms with Crippen LogP contribution >= 0.6 is 15.9 Å². The molecule has 2 aromatic rings. The third-order valence-corrected chi connectivity index (χ3v) is 3.78. The highest BCUT2D eigenvalue weighted by Gasteiger charge is 2.10. The van der Waals surface area contributed by atoms with E-state index in [0.29, 0.717) is 16.7 Å². The summed E-state index contributed by atoms with van der Waals surface area (Å²) in [4.78, 5) is 16.3. The molecule has 0 atom stereocenters. The Labute approximate surface area is 126 Å². The van der Waals surface area contributed by atoms with Crippen molar-refractivity contribution in [3.63, 3.8) is 0 Å². The molecule has 6 nitrogen and oxygen atoms in total. The van der Waals surface area contributed by atoms with Gasteiger partial charge in [-0.25, -0.2) is 9.67 Å². The molecule has 0 fully saturated rings. The van der Waals surface area contributed by atoms with Crippen molar-refractivity contribution in [3.8, 4) is 0 Å². The summed E-state index contributed by atoms with van der Waals surface area (Å²) < 4.78 is 3.95. The highest BCUT2D eigenvalue weighted by molar-refractivity contribution is 9.10. The van der Waals surface area contributed by atoms with E-state index in [2.05, 4.69) is 31.3 Å². The maximum Gasteiger partial charge on any atom is 0.283 e. The molecule has 0 bridgehead atoms. The van der Waals surface area contributed by atoms with E-state index in [4.69, 9.17) is 0 Å². The summed E-state index contributed by atoms with van der Waals surface area (Å²) in [6, 6.07) is 0.0421. The van der Waals surface area contributed by atoms with Gasteiger partial charge < -0.3 is 9.88 Å². The molecule has 108 valence electrons. The number of halogens is 1. The molecular formula is C13H18BrN5O. The lowest BCUT2D eigenvalue weighted by Gasteiger charge is -2.12. The van der Waals surface area contributed by atoms with Gasteiger partial charge >= 0.3 is 0 Å². The van der Waals surface area contributed by atoms with Crippen LogP contribution in [0, 0.1) is 0 Å². The molecule has 2 aromatic heterocycles. The Hall–Kier alpha value is -1.63. The molecule has 7 heteroatoms. The fourth-order valence-corrected chi connectivity index (χ4v) is 2.31. The Morgan fingerprint density at radius 3 is 2.80 bits per heavy atom. The van der Waals surface area contributed by atoms with Crippen LogP contribution in [0.1, 0.15) is 25.7 Å². The second-order valence-electron chi connectivity index (χ2n) is 4.85. The van der Waals surface area contributed by atoms with E-state index in [-0.39, 0.29) is 11.6 Å². The van der Waals surface area contributed by atoms with Crippen LogP contribution in [-0.4, -0.2) is 25.9 Å². The Balaban J connectivity index is 2.05. The molecular weight excluding hydrogens is 322 g/mol. The van der Waals surface area contributed by atoms with Gasteiger partial charge in [0.25, 0.3) is 5.56 Å². The third-order valence-electron chi connectivity index (χ3n) is 3.02. The van der Waals surface area contributed by atoms with Crippen molar-refractivity contribution in [2.24, 2.45) is 7.05 Å². The third kappa shape index (κ3) is 3.09. The van der Waals surface area contributed by atoms with Gasteiger partial charge in [-0.05, 0) is 29.8 Å². The minimum absolute atomic E-state index is 0.0421. The summed E-state index contributed by atoms with van der Waals surface area (Å²) in [5.41, 5.74) is 0.586. The van der Waals surface area contributed by atoms with Crippen LogP contribution < -0.4 is 10.9 Å². The highest BCUT2D eigenvalue weighted by Crippen LogP contribution is 2.17. The molecule has 0 amide bonds. The molecule has 1 N–H and O–H groups in total. The van der Waals surface area contributed by atoms with Crippen molar-refractivity contribution in [2.75, 3.05) is 11.9 Å². The van der Waals surface area contributed by atoms with Crippen molar-refractivity contribution in [3.05, 3.63) is 39.2 Å². The van der Waals surface area contributed by atoms with Crippen LogP contribution in [0.5, 0.6) is 0 Å². The number of rotatable bonds is 5. The van der Waals surface area contributed by atoms with Gasteiger partial charge in [-0.2, -0.15) is 5.10 Å². The SMILES string of the molecule is CC(C)n1ncc(NCCc2nccn2C)c(Br)c1=O. The lowest BCUT2D eigenvalue weighted by atomic mass is 10.3. The Morgan fingerprint density at radius 1 is 1.45 bits per heavy atom. The van der Waals surface area contributed by atoms with Crippen molar-refractivity contribution in [1.82, 2.24) is 19.3 Å². The molecule has 2 heterocycles. The van der Waals surface area contributed by atoms with Gasteiger partial charge in [0, 0.05) is 32.4 Å². The highest BCUT2D eigenvalue weighted by atomic mass is 79.9. The minimum atomic E-state index is -0.123. The van der Waals surface area contributed by atoms with Gasteiger partial charge in [-0.3, -0.25) is 4.79 Å². The smallest absolute Gasteiger partial charge is 0.283 e. The van der Waals surface area contributed by atoms with Crippen LogP contribution in [0.25, 0.3) is 0 Å². The second kappa shape index (κ2) is 6.21. The van der Waals surface area contributed by atoms with Crippen LogP contribution in [0.2, 0.25) is 0 Å². The first kappa shape index (κ1) is 14.8. The second-order valence-corrected chi connectivity index (χ2v) is 5.64. The van der Waals surface area contributed by atoms with E-state index in [1.54, 1.807) is 12.4 Å². The van der Waals surface area contributed by atoms with Crippen molar-refractivity contribution >= 4 is 21.6 Å². The van der Waals surface area contributed by atoms with Gasteiger partial charge in [0.1, 0.15) is 10.3 Å². The molecule has 0 aliphatic carbocycles. The fraction of sp³-hybridized carbons (Fsp3) is 0.462. The number of aryl methyl sites for hydroxylation is 1. The summed E-state index contributed by atoms with van der Waals surface area (Å²) in [6.07, 6.45) is 6.14. The molecule has 0 aliphatic heterocycles. The maximum absolute atomic E-state index is 12.1. The van der Waals surface area contributed by atoms with E-state index in [1.165, 1.54) is 4.68 Å². The normalized spacial score (nSPS) is 11.1. The predicted molar refractivity (Wildman–Crippen MR) is 82.0 cm³/mol. The number of nitrogens with one attached hydrogen (secondary N) is 1. The first-order valence-corrected chi connectivity index (χ1v) is 7.27. The molecule has 0 radical (unpaired) electrons. The fourth-order valence-electron chi connectivity index (χ4n) is 1.88. The monoisotopic (exact) mass is 339 g/mol.